The van der Waals surface area contributed by atoms with Crippen LogP contribution in [0.15, 0.2) is 97.2 Å². The van der Waals surface area contributed by atoms with Crippen LogP contribution < -0.4 is 0 Å². The summed E-state index contributed by atoms with van der Waals surface area (Å²) in [5.74, 6) is -0.889. The first-order valence-electron chi connectivity index (χ1n) is 34.2. The van der Waals surface area contributed by atoms with Crippen LogP contribution in [-0.4, -0.2) is 37.2 Å². The maximum absolute atomic E-state index is 12.9. The van der Waals surface area contributed by atoms with Crippen molar-refractivity contribution in [1.29, 1.82) is 0 Å². The Labute approximate surface area is 496 Å². The number of esters is 3. The molecule has 1 unspecified atom stereocenters. The lowest BCUT2D eigenvalue weighted by atomic mass is 10.0. The Bertz CT molecular complexity index is 1560. The normalized spacial score (nSPS) is 12.7. The van der Waals surface area contributed by atoms with Gasteiger partial charge in [0, 0.05) is 19.3 Å². The predicted octanol–water partition coefficient (Wildman–Crippen LogP) is 23.6. The molecule has 0 bridgehead atoms. The van der Waals surface area contributed by atoms with Crippen LogP contribution in [0.5, 0.6) is 0 Å². The van der Waals surface area contributed by atoms with Gasteiger partial charge in [-0.3, -0.25) is 14.4 Å². The maximum atomic E-state index is 12.9. The summed E-state index contributed by atoms with van der Waals surface area (Å²) in [6.07, 6.45) is 91.4. The molecule has 0 aliphatic heterocycles. The van der Waals surface area contributed by atoms with Gasteiger partial charge in [0.25, 0.3) is 0 Å². The molecule has 0 amide bonds. The van der Waals surface area contributed by atoms with E-state index >= 15 is 0 Å². The van der Waals surface area contributed by atoms with Crippen LogP contribution in [-0.2, 0) is 28.6 Å². The summed E-state index contributed by atoms with van der Waals surface area (Å²) in [5.41, 5.74) is 0. The van der Waals surface area contributed by atoms with E-state index in [1.165, 1.54) is 173 Å². The second-order valence-electron chi connectivity index (χ2n) is 22.7. The van der Waals surface area contributed by atoms with Gasteiger partial charge in [-0.1, -0.05) is 311 Å². The number of unbranched alkanes of at least 4 members (excludes halogenated alkanes) is 35. The number of hydrogen-bond acceptors (Lipinski definition) is 6. The van der Waals surface area contributed by atoms with Gasteiger partial charge in [-0.2, -0.15) is 0 Å². The predicted molar refractivity (Wildman–Crippen MR) is 348 cm³/mol. The van der Waals surface area contributed by atoms with Gasteiger partial charge in [0.1, 0.15) is 13.2 Å². The molecule has 0 aromatic carbocycles. The Morgan fingerprint density at radius 2 is 0.487 bits per heavy atom. The Hall–Kier alpha value is -3.67. The van der Waals surface area contributed by atoms with Gasteiger partial charge in [-0.15, -0.1) is 0 Å². The fourth-order valence-corrected chi connectivity index (χ4v) is 9.71. The molecule has 80 heavy (non-hydrogen) atoms. The molecule has 0 rings (SSSR count). The lowest BCUT2D eigenvalue weighted by molar-refractivity contribution is -0.167. The van der Waals surface area contributed by atoms with Gasteiger partial charge in [-0.25, -0.2) is 0 Å². The van der Waals surface area contributed by atoms with Crippen molar-refractivity contribution in [1.82, 2.24) is 0 Å². The summed E-state index contributed by atoms with van der Waals surface area (Å²) in [5, 5.41) is 0. The first-order chi connectivity index (χ1) is 39.5. The minimum atomic E-state index is -0.788. The van der Waals surface area contributed by atoms with E-state index in [1.54, 1.807) is 0 Å². The van der Waals surface area contributed by atoms with Crippen LogP contribution in [0.2, 0.25) is 0 Å². The lowest BCUT2D eigenvalue weighted by Crippen LogP contribution is -2.30. The van der Waals surface area contributed by atoms with Crippen LogP contribution in [0.1, 0.15) is 335 Å². The van der Waals surface area contributed by atoms with E-state index in [0.29, 0.717) is 19.3 Å². The van der Waals surface area contributed by atoms with E-state index in [2.05, 4.69) is 118 Å². The van der Waals surface area contributed by atoms with E-state index in [1.807, 2.05) is 0 Å². The van der Waals surface area contributed by atoms with E-state index < -0.39 is 6.10 Å². The molecule has 6 heteroatoms. The monoisotopic (exact) mass is 1110 g/mol. The van der Waals surface area contributed by atoms with Crippen molar-refractivity contribution >= 4 is 17.9 Å². The fourth-order valence-electron chi connectivity index (χ4n) is 9.71. The molecule has 460 valence electrons. The summed E-state index contributed by atoms with van der Waals surface area (Å²) < 4.78 is 16.9. The van der Waals surface area contributed by atoms with Crippen LogP contribution >= 0.6 is 0 Å². The Balaban J connectivity index is 4.27. The highest BCUT2D eigenvalue weighted by molar-refractivity contribution is 5.71. The summed E-state index contributed by atoms with van der Waals surface area (Å²) in [6.45, 7) is 6.53. The van der Waals surface area contributed by atoms with Gasteiger partial charge in [0.2, 0.25) is 0 Å². The van der Waals surface area contributed by atoms with Gasteiger partial charge in [0.15, 0.2) is 6.10 Å². The van der Waals surface area contributed by atoms with E-state index in [9.17, 15) is 14.4 Å². The first kappa shape index (κ1) is 76.3. The van der Waals surface area contributed by atoms with Gasteiger partial charge in [0.05, 0.1) is 0 Å². The second-order valence-corrected chi connectivity index (χ2v) is 22.7. The van der Waals surface area contributed by atoms with Crippen LogP contribution in [0.3, 0.4) is 0 Å². The van der Waals surface area contributed by atoms with Crippen molar-refractivity contribution in [2.75, 3.05) is 13.2 Å². The molecule has 0 fully saturated rings. The molecule has 0 N–H and O–H groups in total. The highest BCUT2D eigenvalue weighted by Gasteiger charge is 2.19. The quantitative estimate of drug-likeness (QED) is 0.0261. The van der Waals surface area contributed by atoms with Gasteiger partial charge >= 0.3 is 17.9 Å². The molecule has 0 saturated heterocycles. The Kier molecular flexibility index (Phi) is 64.7. The zero-order chi connectivity index (χ0) is 57.8. The number of allylic oxidation sites excluding steroid dienone is 16. The van der Waals surface area contributed by atoms with Gasteiger partial charge < -0.3 is 14.2 Å². The summed E-state index contributed by atoms with van der Waals surface area (Å²) in [7, 11) is 0. The zero-order valence-corrected chi connectivity index (χ0v) is 52.8. The fraction of sp³-hybridized carbons (Fsp3) is 0.743. The molecule has 0 aromatic heterocycles. The summed E-state index contributed by atoms with van der Waals surface area (Å²) >= 11 is 0. The van der Waals surface area contributed by atoms with Crippen molar-refractivity contribution < 1.29 is 28.6 Å². The Morgan fingerprint density at radius 3 is 0.762 bits per heavy atom. The molecule has 6 nitrogen and oxygen atoms in total. The summed E-state index contributed by atoms with van der Waals surface area (Å²) in [4.78, 5) is 38.4. The van der Waals surface area contributed by atoms with Crippen molar-refractivity contribution in [2.45, 2.75) is 341 Å². The third kappa shape index (κ3) is 65.1. The molecule has 0 aromatic rings. The topological polar surface area (TPSA) is 78.9 Å². The molecular formula is C74H128O6. The lowest BCUT2D eigenvalue weighted by Gasteiger charge is -2.18. The number of ether oxygens (including phenoxy) is 3. The molecule has 0 heterocycles. The Morgan fingerprint density at radius 1 is 0.263 bits per heavy atom. The third-order valence-corrected chi connectivity index (χ3v) is 14.8. The van der Waals surface area contributed by atoms with Crippen molar-refractivity contribution in [3.63, 3.8) is 0 Å². The standard InChI is InChI=1S/C74H128O6/c1-4-7-10-13-16-19-22-25-27-29-31-33-34-35-36-37-38-39-40-42-43-45-47-49-52-55-58-61-64-67-73(76)79-70-71(69-78-72(75)66-63-60-57-54-51-24-21-18-15-12-9-6-3)80-74(77)68-65-62-59-56-53-50-48-46-44-41-32-30-28-26-23-20-17-14-11-8-5-2/h8,11,17,20,22,25-26,28-29,31-32,34-35,41,46,48,71H,4-7,9-10,12-16,18-19,21,23-24,27,30,33,36-40,42-45,47,49-70H2,1-3H3/b11-8-,20-17-,25-22-,28-26-,31-29-,35-34-,41-32-,48-46-. The van der Waals surface area contributed by atoms with Crippen molar-refractivity contribution in [3.05, 3.63) is 97.2 Å². The van der Waals surface area contributed by atoms with E-state index in [0.717, 1.165) is 122 Å². The van der Waals surface area contributed by atoms with E-state index in [-0.39, 0.29) is 31.1 Å². The number of carbonyl (C=O) groups excluding carboxylic acids is 3. The molecule has 0 aliphatic carbocycles. The summed E-state index contributed by atoms with van der Waals surface area (Å²) in [6, 6.07) is 0. The van der Waals surface area contributed by atoms with E-state index in [4.69, 9.17) is 14.2 Å². The third-order valence-electron chi connectivity index (χ3n) is 14.8. The minimum Gasteiger partial charge on any atom is -0.462 e. The molecule has 0 saturated carbocycles. The first-order valence-corrected chi connectivity index (χ1v) is 34.2. The zero-order valence-electron chi connectivity index (χ0n) is 52.8. The SMILES string of the molecule is CC/C=C\C/C=C\C/C=C\C/C=C\C/C=C\CCCCCCCC(=O)OC(COC(=O)CCCCCCCCCCCCCC)COC(=O)CCCCCCCCCCCCCCCC/C=C\C/C=C\C/C=C\CCCCCCC. The molecule has 1 atom stereocenters. The minimum absolute atomic E-state index is 0.0826. The maximum Gasteiger partial charge on any atom is 0.306 e. The van der Waals surface area contributed by atoms with Crippen molar-refractivity contribution in [2.24, 2.45) is 0 Å². The molecule has 0 radical (unpaired) electrons. The average molecular weight is 1110 g/mol. The molecule has 0 spiro atoms. The highest BCUT2D eigenvalue weighted by Crippen LogP contribution is 2.17. The molecule has 0 aliphatic rings. The van der Waals surface area contributed by atoms with Crippen LogP contribution in [0.4, 0.5) is 0 Å². The number of hydrogen-bond donors (Lipinski definition) is 0. The van der Waals surface area contributed by atoms with Crippen molar-refractivity contribution in [3.8, 4) is 0 Å². The molecular weight excluding hydrogens is 985 g/mol. The largest absolute Gasteiger partial charge is 0.462 e. The van der Waals surface area contributed by atoms with Gasteiger partial charge in [-0.05, 0) is 103 Å². The average Bonchev–Trinajstić information content (AvgIpc) is 3.46. The highest BCUT2D eigenvalue weighted by atomic mass is 16.6. The number of rotatable bonds is 62. The second kappa shape index (κ2) is 67.8. The smallest absolute Gasteiger partial charge is 0.306 e. The van der Waals surface area contributed by atoms with Crippen LogP contribution in [0, 0.1) is 0 Å². The number of carbonyl (C=O) groups is 3. The van der Waals surface area contributed by atoms with Crippen LogP contribution in [0.25, 0.3) is 0 Å².